The van der Waals surface area contributed by atoms with Crippen molar-refractivity contribution in [2.24, 2.45) is 0 Å². The van der Waals surface area contributed by atoms with Crippen molar-refractivity contribution in [3.8, 4) is 0 Å². The van der Waals surface area contributed by atoms with Crippen LogP contribution in [0.4, 0.5) is 0 Å². The third-order valence-corrected chi connectivity index (χ3v) is 4.09. The van der Waals surface area contributed by atoms with E-state index >= 15 is 0 Å². The maximum atomic E-state index is 11.4. The molecule has 0 fully saturated rings. The number of rotatable bonds is 18. The monoisotopic (exact) mass is 388 g/mol. The maximum absolute atomic E-state index is 11.4. The molecule has 0 unspecified atom stereocenters. The van der Waals surface area contributed by atoms with Crippen molar-refractivity contribution in [3.05, 3.63) is 0 Å². The highest BCUT2D eigenvalue weighted by atomic mass is 16.5. The number of Topliss-reactive ketones (excluding diaryl/α,β-unsaturated/α-hetero) is 2. The predicted octanol–water partition coefficient (Wildman–Crippen LogP) is 1.73. The summed E-state index contributed by atoms with van der Waals surface area (Å²) in [5.74, 6) is 0.283. The Morgan fingerprint density at radius 2 is 1.44 bits per heavy atom. The van der Waals surface area contributed by atoms with Crippen molar-refractivity contribution in [1.29, 1.82) is 0 Å². The van der Waals surface area contributed by atoms with Gasteiger partial charge in [0.15, 0.2) is 0 Å². The minimum atomic E-state index is -0.284. The van der Waals surface area contributed by atoms with E-state index in [2.05, 4.69) is 10.6 Å². The predicted molar refractivity (Wildman–Crippen MR) is 107 cm³/mol. The molecule has 0 radical (unpaired) electrons. The van der Waals surface area contributed by atoms with E-state index in [0.29, 0.717) is 52.5 Å². The van der Waals surface area contributed by atoms with Crippen molar-refractivity contribution in [3.63, 3.8) is 0 Å². The van der Waals surface area contributed by atoms with Crippen LogP contribution in [0.15, 0.2) is 0 Å². The number of carbonyl (C=O) groups is 2. The summed E-state index contributed by atoms with van der Waals surface area (Å²) in [6.45, 7) is 13.3. The fraction of sp³-hybridized carbons (Fsp3) is 0.900. The van der Waals surface area contributed by atoms with Gasteiger partial charge in [0, 0.05) is 19.6 Å². The first kappa shape index (κ1) is 26.1. The number of carbonyl (C=O) groups excluding carboxylic acids is 2. The molecule has 0 atom stereocenters. The Bertz CT molecular complexity index is 425. The topological polar surface area (TPSA) is 85.9 Å². The van der Waals surface area contributed by atoms with Crippen LogP contribution in [0.25, 0.3) is 0 Å². The summed E-state index contributed by atoms with van der Waals surface area (Å²) in [5.41, 5.74) is -0.563. The molecular formula is C20H40N2O5. The minimum Gasteiger partial charge on any atom is -0.381 e. The third kappa shape index (κ3) is 17.0. The highest BCUT2D eigenvalue weighted by Gasteiger charge is 2.22. The molecule has 2 N–H and O–H groups in total. The lowest BCUT2D eigenvalue weighted by Gasteiger charge is -2.30. The highest BCUT2D eigenvalue weighted by Crippen LogP contribution is 2.19. The smallest absolute Gasteiger partial charge is 0.148 e. The van der Waals surface area contributed by atoms with E-state index in [9.17, 15) is 9.59 Å². The van der Waals surface area contributed by atoms with E-state index in [1.165, 1.54) is 0 Å². The van der Waals surface area contributed by atoms with Crippen molar-refractivity contribution in [2.75, 3.05) is 53.1 Å². The highest BCUT2D eigenvalue weighted by molar-refractivity contribution is 5.80. The molecule has 7 nitrogen and oxygen atoms in total. The van der Waals surface area contributed by atoms with Gasteiger partial charge in [-0.3, -0.25) is 9.59 Å². The summed E-state index contributed by atoms with van der Waals surface area (Å²) in [5, 5.41) is 5.88. The number of likely N-dealkylation sites (N-methyl/N-ethyl adjacent to an activating group) is 1. The van der Waals surface area contributed by atoms with Crippen LogP contribution < -0.4 is 10.6 Å². The van der Waals surface area contributed by atoms with E-state index < -0.39 is 0 Å². The molecule has 0 aromatic carbocycles. The van der Waals surface area contributed by atoms with Gasteiger partial charge in [-0.1, -0.05) is 0 Å². The molecular weight excluding hydrogens is 348 g/mol. The van der Waals surface area contributed by atoms with Gasteiger partial charge < -0.3 is 24.8 Å². The molecule has 0 aromatic heterocycles. The van der Waals surface area contributed by atoms with Gasteiger partial charge in [-0.05, 0) is 54.5 Å². The first-order valence-corrected chi connectivity index (χ1v) is 9.80. The summed E-state index contributed by atoms with van der Waals surface area (Å²) in [6.07, 6.45) is 1.99. The number of nitrogens with one attached hydrogen (secondary N) is 2. The van der Waals surface area contributed by atoms with Crippen LogP contribution in [0.3, 0.4) is 0 Å². The second-order valence-corrected chi connectivity index (χ2v) is 8.03. The zero-order valence-electron chi connectivity index (χ0n) is 18.1. The van der Waals surface area contributed by atoms with Gasteiger partial charge in [0.1, 0.15) is 11.6 Å². The largest absolute Gasteiger partial charge is 0.381 e. The van der Waals surface area contributed by atoms with Gasteiger partial charge >= 0.3 is 0 Å². The molecule has 0 saturated heterocycles. The van der Waals surface area contributed by atoms with Crippen LogP contribution in [-0.4, -0.2) is 75.9 Å². The van der Waals surface area contributed by atoms with E-state index in [4.69, 9.17) is 14.2 Å². The summed E-state index contributed by atoms with van der Waals surface area (Å²) in [4.78, 5) is 22.2. The maximum Gasteiger partial charge on any atom is 0.148 e. The van der Waals surface area contributed by atoms with Crippen LogP contribution in [0, 0.1) is 0 Å². The molecule has 7 heteroatoms. The second-order valence-electron chi connectivity index (χ2n) is 8.03. The summed E-state index contributed by atoms with van der Waals surface area (Å²) < 4.78 is 17.4. The van der Waals surface area contributed by atoms with E-state index in [0.717, 1.165) is 12.8 Å². The Balaban J connectivity index is 3.82. The lowest BCUT2D eigenvalue weighted by atomic mass is 10.0. The lowest BCUT2D eigenvalue weighted by molar-refractivity contribution is -0.119. The molecule has 0 saturated carbocycles. The number of ketones is 2. The normalized spacial score (nSPS) is 12.4. The SMILES string of the molecule is CNCC(=O)CCOCCC(C)(C)OCCC(C)(C)OCCNCC(C)=O. The second kappa shape index (κ2) is 14.2. The summed E-state index contributed by atoms with van der Waals surface area (Å²) in [7, 11) is 1.76. The Morgan fingerprint density at radius 1 is 0.852 bits per heavy atom. The van der Waals surface area contributed by atoms with Gasteiger partial charge in [-0.25, -0.2) is 0 Å². The van der Waals surface area contributed by atoms with E-state index in [1.54, 1.807) is 14.0 Å². The van der Waals surface area contributed by atoms with Crippen LogP contribution >= 0.6 is 0 Å². The summed E-state index contributed by atoms with van der Waals surface area (Å²) in [6, 6.07) is 0. The zero-order valence-corrected chi connectivity index (χ0v) is 18.1. The van der Waals surface area contributed by atoms with E-state index in [-0.39, 0.29) is 22.8 Å². The molecule has 160 valence electrons. The molecule has 0 bridgehead atoms. The van der Waals surface area contributed by atoms with Crippen LogP contribution in [0.5, 0.6) is 0 Å². The van der Waals surface area contributed by atoms with Gasteiger partial charge in [0.2, 0.25) is 0 Å². The number of ether oxygens (including phenoxy) is 3. The average Bonchev–Trinajstić information content (AvgIpc) is 2.53. The van der Waals surface area contributed by atoms with Crippen molar-refractivity contribution >= 4 is 11.6 Å². The van der Waals surface area contributed by atoms with Crippen LogP contribution in [0.1, 0.15) is 53.9 Å². The van der Waals surface area contributed by atoms with Crippen molar-refractivity contribution in [1.82, 2.24) is 10.6 Å². The molecule has 0 aliphatic carbocycles. The van der Waals surface area contributed by atoms with Crippen LogP contribution in [0.2, 0.25) is 0 Å². The average molecular weight is 389 g/mol. The lowest BCUT2D eigenvalue weighted by Crippen LogP contribution is -2.34. The molecule has 0 aliphatic heterocycles. The van der Waals surface area contributed by atoms with Crippen molar-refractivity contribution in [2.45, 2.75) is 65.1 Å². The molecule has 0 aliphatic rings. The van der Waals surface area contributed by atoms with Crippen LogP contribution in [-0.2, 0) is 23.8 Å². The van der Waals surface area contributed by atoms with Gasteiger partial charge in [-0.15, -0.1) is 0 Å². The molecule has 0 aromatic rings. The number of hydrogen-bond acceptors (Lipinski definition) is 7. The third-order valence-electron chi connectivity index (χ3n) is 4.09. The van der Waals surface area contributed by atoms with Gasteiger partial charge in [-0.2, -0.15) is 0 Å². The fourth-order valence-electron chi connectivity index (χ4n) is 2.27. The van der Waals surface area contributed by atoms with E-state index in [1.807, 2.05) is 27.7 Å². The molecule has 0 rings (SSSR count). The Labute approximate surface area is 164 Å². The molecule has 27 heavy (non-hydrogen) atoms. The zero-order chi connectivity index (χ0) is 20.8. The molecule has 0 amide bonds. The van der Waals surface area contributed by atoms with Gasteiger partial charge in [0.25, 0.3) is 0 Å². The fourth-order valence-corrected chi connectivity index (χ4v) is 2.27. The van der Waals surface area contributed by atoms with Gasteiger partial charge in [0.05, 0.1) is 44.1 Å². The van der Waals surface area contributed by atoms with Crippen molar-refractivity contribution < 1.29 is 23.8 Å². The summed E-state index contributed by atoms with van der Waals surface area (Å²) >= 11 is 0. The number of hydrogen-bond donors (Lipinski definition) is 2. The Kier molecular flexibility index (Phi) is 13.7. The molecule has 0 spiro atoms. The first-order chi connectivity index (χ1) is 12.6. The Morgan fingerprint density at radius 3 is 2.04 bits per heavy atom. The first-order valence-electron chi connectivity index (χ1n) is 9.80. The standard InChI is InChI=1S/C20H40N2O5/c1-17(23)15-22-10-14-27-20(4,5)9-13-26-19(2,3)8-12-25-11-7-18(24)16-21-6/h21-22H,7-16H2,1-6H3. The Hall–Kier alpha value is -0.860. The molecule has 0 heterocycles. The minimum absolute atomic E-state index is 0.124. The quantitative estimate of drug-likeness (QED) is 0.346.